The van der Waals surface area contributed by atoms with E-state index in [1.165, 1.54) is 7.11 Å². The fourth-order valence-electron chi connectivity index (χ4n) is 3.89. The van der Waals surface area contributed by atoms with Gasteiger partial charge in [-0.25, -0.2) is 4.79 Å². The fraction of sp³-hybridized carbons (Fsp3) is 0.462. The van der Waals surface area contributed by atoms with Crippen LogP contribution in [-0.4, -0.2) is 73.0 Å². The van der Waals surface area contributed by atoms with Crippen molar-refractivity contribution in [3.05, 3.63) is 59.1 Å². The lowest BCUT2D eigenvalue weighted by molar-refractivity contribution is -0.146. The van der Waals surface area contributed by atoms with Crippen molar-refractivity contribution in [3.63, 3.8) is 0 Å². The van der Waals surface area contributed by atoms with Crippen LogP contribution in [0.5, 0.6) is 11.5 Å². The molecule has 9 heteroatoms. The number of para-hydroxylation sites is 1. The molecule has 0 saturated carbocycles. The minimum absolute atomic E-state index is 0.0336. The number of hydrogen-bond acceptors (Lipinski definition) is 7. The summed E-state index contributed by atoms with van der Waals surface area (Å²) in [6, 6.07) is 14.1. The Labute approximate surface area is 211 Å². The van der Waals surface area contributed by atoms with E-state index in [1.807, 2.05) is 24.3 Å². The zero-order chi connectivity index (χ0) is 25.4. The highest BCUT2D eigenvalue weighted by Crippen LogP contribution is 2.22. The van der Waals surface area contributed by atoms with E-state index in [9.17, 15) is 14.7 Å². The molecule has 0 spiro atoms. The van der Waals surface area contributed by atoms with Crippen LogP contribution in [0.25, 0.3) is 0 Å². The number of esters is 1. The molecule has 0 aliphatic carbocycles. The second-order valence-electron chi connectivity index (χ2n) is 9.10. The van der Waals surface area contributed by atoms with Crippen LogP contribution in [0, 0.1) is 0 Å². The molecule has 0 bridgehead atoms. The molecule has 1 unspecified atom stereocenters. The van der Waals surface area contributed by atoms with Crippen molar-refractivity contribution in [1.29, 1.82) is 0 Å². The van der Waals surface area contributed by atoms with Crippen molar-refractivity contribution in [1.82, 2.24) is 10.2 Å². The van der Waals surface area contributed by atoms with Crippen molar-refractivity contribution < 1.29 is 28.9 Å². The molecule has 1 saturated heterocycles. The van der Waals surface area contributed by atoms with Crippen molar-refractivity contribution in [2.45, 2.75) is 44.4 Å². The molecule has 8 nitrogen and oxygen atoms in total. The quantitative estimate of drug-likeness (QED) is 0.479. The zero-order valence-corrected chi connectivity index (χ0v) is 21.1. The molecule has 1 aliphatic rings. The summed E-state index contributed by atoms with van der Waals surface area (Å²) in [6.07, 6.45) is 1.11. The van der Waals surface area contributed by atoms with Gasteiger partial charge in [0.1, 0.15) is 35.9 Å². The molecule has 3 rings (SSSR count). The largest absolute Gasteiger partial charge is 0.490 e. The molecule has 1 atom stereocenters. The van der Waals surface area contributed by atoms with Crippen LogP contribution in [0.2, 0.25) is 5.02 Å². The smallest absolute Gasteiger partial charge is 0.330 e. The number of methoxy groups -OCH3 is 1. The predicted octanol–water partition coefficient (Wildman–Crippen LogP) is 3.30. The number of rotatable bonds is 10. The molecule has 0 radical (unpaired) electrons. The highest BCUT2D eigenvalue weighted by Gasteiger charge is 2.31. The van der Waals surface area contributed by atoms with E-state index in [0.29, 0.717) is 17.3 Å². The molecular weight excluding hydrogens is 472 g/mol. The first-order chi connectivity index (χ1) is 16.7. The second-order valence-corrected chi connectivity index (χ2v) is 9.54. The van der Waals surface area contributed by atoms with Gasteiger partial charge in [-0.3, -0.25) is 4.79 Å². The topological polar surface area (TPSA) is 97.3 Å². The first-order valence-electron chi connectivity index (χ1n) is 11.6. The third-order valence-electron chi connectivity index (χ3n) is 5.80. The Morgan fingerprint density at radius 2 is 1.80 bits per heavy atom. The Hall–Kier alpha value is -2.81. The maximum atomic E-state index is 12.8. The van der Waals surface area contributed by atoms with Gasteiger partial charge in [0.05, 0.1) is 12.7 Å². The number of carbonyl (C=O) groups excluding carboxylic acids is 2. The summed E-state index contributed by atoms with van der Waals surface area (Å²) in [4.78, 5) is 26.8. The van der Waals surface area contributed by atoms with Crippen LogP contribution in [0.1, 0.15) is 37.0 Å². The van der Waals surface area contributed by atoms with Crippen LogP contribution in [0.15, 0.2) is 48.5 Å². The summed E-state index contributed by atoms with van der Waals surface area (Å²) in [5, 5.41) is 13.9. The van der Waals surface area contributed by atoms with E-state index in [2.05, 4.69) is 10.2 Å². The number of hydrogen-bond donors (Lipinski definition) is 2. The number of carbonyl (C=O) groups is 2. The summed E-state index contributed by atoms with van der Waals surface area (Å²) >= 11 is 5.92. The number of piperidine rings is 1. The number of nitrogens with one attached hydrogen (secondary N) is 1. The minimum Gasteiger partial charge on any atom is -0.490 e. The Morgan fingerprint density at radius 1 is 1.14 bits per heavy atom. The van der Waals surface area contributed by atoms with E-state index >= 15 is 0 Å². The van der Waals surface area contributed by atoms with E-state index in [1.54, 1.807) is 38.1 Å². The molecular formula is C26H33ClN2O6. The van der Waals surface area contributed by atoms with Gasteiger partial charge in [-0.05, 0) is 63.1 Å². The van der Waals surface area contributed by atoms with Crippen LogP contribution in [0.3, 0.4) is 0 Å². The van der Waals surface area contributed by atoms with Crippen molar-refractivity contribution in [2.24, 2.45) is 0 Å². The van der Waals surface area contributed by atoms with Gasteiger partial charge >= 0.3 is 5.97 Å². The lowest BCUT2D eigenvalue weighted by atomic mass is 10.0. The number of β-amino-alcohol motifs (C(OH)–C–C–N with tert-alkyl or cyclic N) is 1. The summed E-state index contributed by atoms with van der Waals surface area (Å²) < 4.78 is 16.5. The van der Waals surface area contributed by atoms with Crippen molar-refractivity contribution >= 4 is 23.5 Å². The molecule has 1 fully saturated rings. The van der Waals surface area contributed by atoms with Gasteiger partial charge < -0.3 is 29.5 Å². The highest BCUT2D eigenvalue weighted by molar-refractivity contribution is 6.30. The highest BCUT2D eigenvalue weighted by atomic mass is 35.5. The van der Waals surface area contributed by atoms with Crippen LogP contribution < -0.4 is 14.8 Å². The standard InChI is InChI=1S/C26H33ClN2O6/c1-26(2,25(32)33-3)28-24(31)22-6-4-5-7-23(22)34-17-19(30)16-29-14-12-21(13-15-29)35-20-10-8-18(27)9-11-20/h4-11,19,21,30H,12-17H2,1-3H3,(H,28,31). The number of halogens is 1. The first kappa shape index (κ1) is 26.8. The minimum atomic E-state index is -1.19. The number of likely N-dealkylation sites (tertiary alicyclic amines) is 1. The van der Waals surface area contributed by atoms with Gasteiger partial charge in [0, 0.05) is 24.7 Å². The Morgan fingerprint density at radius 3 is 2.46 bits per heavy atom. The Balaban J connectivity index is 1.46. The van der Waals surface area contributed by atoms with Crippen molar-refractivity contribution in [3.8, 4) is 11.5 Å². The lowest BCUT2D eigenvalue weighted by Gasteiger charge is -2.33. The normalized spacial score (nSPS) is 15.8. The Bertz CT molecular complexity index is 990. The van der Waals surface area contributed by atoms with Gasteiger partial charge in [0.15, 0.2) is 0 Å². The van der Waals surface area contributed by atoms with Crippen LogP contribution in [-0.2, 0) is 9.53 Å². The number of benzene rings is 2. The molecule has 1 aliphatic heterocycles. The monoisotopic (exact) mass is 504 g/mol. The summed E-state index contributed by atoms with van der Waals surface area (Å²) in [5.41, 5.74) is -0.918. The molecule has 2 aromatic carbocycles. The fourth-order valence-corrected chi connectivity index (χ4v) is 4.02. The van der Waals surface area contributed by atoms with Crippen LogP contribution >= 0.6 is 11.6 Å². The number of aliphatic hydroxyl groups excluding tert-OH is 1. The molecule has 190 valence electrons. The van der Waals surface area contributed by atoms with Gasteiger partial charge in [-0.15, -0.1) is 0 Å². The third kappa shape index (κ3) is 7.85. The van der Waals surface area contributed by atoms with Gasteiger partial charge in [0.25, 0.3) is 5.91 Å². The van der Waals surface area contributed by atoms with Crippen LogP contribution in [0.4, 0.5) is 0 Å². The van der Waals surface area contributed by atoms with Gasteiger partial charge in [-0.2, -0.15) is 0 Å². The number of amides is 1. The second kappa shape index (κ2) is 12.2. The maximum Gasteiger partial charge on any atom is 0.330 e. The molecule has 0 aromatic heterocycles. The Kier molecular flexibility index (Phi) is 9.37. The average molecular weight is 505 g/mol. The molecule has 2 N–H and O–H groups in total. The van der Waals surface area contributed by atoms with E-state index in [0.717, 1.165) is 31.7 Å². The average Bonchev–Trinajstić information content (AvgIpc) is 2.84. The number of nitrogens with zero attached hydrogens (tertiary/aromatic N) is 1. The van der Waals surface area contributed by atoms with Crippen molar-refractivity contribution in [2.75, 3.05) is 33.4 Å². The van der Waals surface area contributed by atoms with E-state index in [-0.39, 0.29) is 18.3 Å². The molecule has 1 heterocycles. The van der Waals surface area contributed by atoms with E-state index in [4.69, 9.17) is 25.8 Å². The first-order valence-corrected chi connectivity index (χ1v) is 12.0. The number of aliphatic hydroxyl groups is 1. The molecule has 35 heavy (non-hydrogen) atoms. The SMILES string of the molecule is COC(=O)C(C)(C)NC(=O)c1ccccc1OCC(O)CN1CCC(Oc2ccc(Cl)cc2)CC1. The number of ether oxygens (including phenoxy) is 3. The molecule has 2 aromatic rings. The van der Waals surface area contributed by atoms with Gasteiger partial charge in [0.2, 0.25) is 0 Å². The maximum absolute atomic E-state index is 12.8. The summed E-state index contributed by atoms with van der Waals surface area (Å²) in [6.45, 7) is 5.22. The van der Waals surface area contributed by atoms with E-state index < -0.39 is 23.5 Å². The lowest BCUT2D eigenvalue weighted by Crippen LogP contribution is -2.50. The summed E-state index contributed by atoms with van der Waals surface area (Å²) in [5.74, 6) is 0.119. The summed E-state index contributed by atoms with van der Waals surface area (Å²) in [7, 11) is 1.27. The zero-order valence-electron chi connectivity index (χ0n) is 20.3. The van der Waals surface area contributed by atoms with Gasteiger partial charge in [-0.1, -0.05) is 23.7 Å². The molecule has 1 amide bonds. The predicted molar refractivity (Wildman–Crippen MR) is 133 cm³/mol. The third-order valence-corrected chi connectivity index (χ3v) is 6.06.